The van der Waals surface area contributed by atoms with Crippen molar-refractivity contribution >= 4 is 56.6 Å². The maximum atomic E-state index is 12.7. The number of carbonyl (C=O) groups excluding carboxylic acids is 3. The van der Waals surface area contributed by atoms with E-state index in [2.05, 4.69) is 15.9 Å². The number of hydrogen-bond acceptors (Lipinski definition) is 9. The number of halogens is 1. The van der Waals surface area contributed by atoms with Crippen molar-refractivity contribution in [2.45, 2.75) is 20.5 Å². The predicted molar refractivity (Wildman–Crippen MR) is 132 cm³/mol. The summed E-state index contributed by atoms with van der Waals surface area (Å²) in [7, 11) is 0. The quantitative estimate of drug-likeness (QED) is 0.171. The SMILES string of the molecule is CCOC(=O)CN1C(=O)S/C(=C/c2cc(OCC)c(OCc3cccc([N+](=O)[O-])c3)cc2Br)C1=O. The van der Waals surface area contributed by atoms with E-state index < -0.39 is 28.6 Å². The molecule has 0 aromatic heterocycles. The zero-order chi connectivity index (χ0) is 25.5. The molecule has 0 N–H and O–H groups in total. The smallest absolute Gasteiger partial charge is 0.326 e. The molecule has 0 aliphatic carbocycles. The number of imide groups is 1. The molecule has 2 aromatic rings. The van der Waals surface area contributed by atoms with Crippen molar-refractivity contribution in [1.82, 2.24) is 4.90 Å². The lowest BCUT2D eigenvalue weighted by atomic mass is 10.1. The number of amides is 2. The lowest BCUT2D eigenvalue weighted by Crippen LogP contribution is -2.34. The molecule has 0 unspecified atom stereocenters. The van der Waals surface area contributed by atoms with E-state index in [0.717, 1.165) is 16.7 Å². The van der Waals surface area contributed by atoms with Gasteiger partial charge in [0.1, 0.15) is 13.2 Å². The number of hydrogen-bond donors (Lipinski definition) is 0. The van der Waals surface area contributed by atoms with Crippen LogP contribution in [-0.4, -0.2) is 46.7 Å². The molecule has 0 spiro atoms. The van der Waals surface area contributed by atoms with E-state index in [-0.39, 0.29) is 23.8 Å². The number of ether oxygens (including phenoxy) is 3. The third-order valence-electron chi connectivity index (χ3n) is 4.63. The number of thioether (sulfide) groups is 1. The molecular weight excluding hydrogens is 544 g/mol. The van der Waals surface area contributed by atoms with Crippen LogP contribution < -0.4 is 9.47 Å². The first-order valence-electron chi connectivity index (χ1n) is 10.5. The molecular formula is C23H21BrN2O8S. The van der Waals surface area contributed by atoms with Crippen LogP contribution in [0.2, 0.25) is 0 Å². The highest BCUT2D eigenvalue weighted by atomic mass is 79.9. The monoisotopic (exact) mass is 564 g/mol. The van der Waals surface area contributed by atoms with Crippen LogP contribution >= 0.6 is 27.7 Å². The Morgan fingerprint density at radius 3 is 2.57 bits per heavy atom. The third kappa shape index (κ3) is 6.61. The maximum absolute atomic E-state index is 12.7. The topological polar surface area (TPSA) is 125 Å². The van der Waals surface area contributed by atoms with E-state index in [0.29, 0.717) is 33.7 Å². The minimum atomic E-state index is -0.666. The van der Waals surface area contributed by atoms with Gasteiger partial charge in [-0.1, -0.05) is 28.1 Å². The summed E-state index contributed by atoms with van der Waals surface area (Å²) in [5.41, 5.74) is 1.12. The van der Waals surface area contributed by atoms with E-state index in [1.807, 2.05) is 0 Å². The van der Waals surface area contributed by atoms with Gasteiger partial charge in [-0.25, -0.2) is 0 Å². The van der Waals surface area contributed by atoms with Gasteiger partial charge in [-0.15, -0.1) is 0 Å². The lowest BCUT2D eigenvalue weighted by molar-refractivity contribution is -0.384. The molecule has 1 aliphatic heterocycles. The summed E-state index contributed by atoms with van der Waals surface area (Å²) in [4.78, 5) is 48.1. The van der Waals surface area contributed by atoms with Crippen LogP contribution in [0.25, 0.3) is 6.08 Å². The van der Waals surface area contributed by atoms with Crippen LogP contribution in [0, 0.1) is 10.1 Å². The molecule has 10 nitrogen and oxygen atoms in total. The summed E-state index contributed by atoms with van der Waals surface area (Å²) < 4.78 is 16.9. The molecule has 0 bridgehead atoms. The van der Waals surface area contributed by atoms with Crippen LogP contribution in [0.1, 0.15) is 25.0 Å². The Morgan fingerprint density at radius 2 is 1.89 bits per heavy atom. The van der Waals surface area contributed by atoms with E-state index in [9.17, 15) is 24.5 Å². The van der Waals surface area contributed by atoms with Gasteiger partial charge in [-0.3, -0.25) is 29.4 Å². The van der Waals surface area contributed by atoms with Crippen LogP contribution in [-0.2, 0) is 20.9 Å². The first-order valence-corrected chi connectivity index (χ1v) is 12.1. The van der Waals surface area contributed by atoms with E-state index in [1.165, 1.54) is 18.2 Å². The van der Waals surface area contributed by atoms with Crippen LogP contribution in [0.15, 0.2) is 45.8 Å². The molecule has 0 radical (unpaired) electrons. The van der Waals surface area contributed by atoms with Gasteiger partial charge in [0.25, 0.3) is 16.8 Å². The normalized spacial score (nSPS) is 14.4. The molecule has 1 saturated heterocycles. The minimum absolute atomic E-state index is 0.0374. The fourth-order valence-corrected chi connectivity index (χ4v) is 4.34. The number of esters is 1. The largest absolute Gasteiger partial charge is 0.490 e. The summed E-state index contributed by atoms with van der Waals surface area (Å²) in [6, 6.07) is 9.41. The van der Waals surface area contributed by atoms with E-state index in [1.54, 1.807) is 38.1 Å². The molecule has 0 saturated carbocycles. The van der Waals surface area contributed by atoms with Gasteiger partial charge in [-0.2, -0.15) is 0 Å². The fourth-order valence-electron chi connectivity index (χ4n) is 3.08. The van der Waals surface area contributed by atoms with Gasteiger partial charge < -0.3 is 14.2 Å². The zero-order valence-corrected chi connectivity index (χ0v) is 21.2. The van der Waals surface area contributed by atoms with Crippen molar-refractivity contribution < 1.29 is 33.5 Å². The van der Waals surface area contributed by atoms with Gasteiger partial charge in [0, 0.05) is 16.6 Å². The highest BCUT2D eigenvalue weighted by Gasteiger charge is 2.36. The van der Waals surface area contributed by atoms with E-state index >= 15 is 0 Å². The molecule has 35 heavy (non-hydrogen) atoms. The molecule has 184 valence electrons. The first kappa shape index (κ1) is 26.2. The Balaban J connectivity index is 1.82. The van der Waals surface area contributed by atoms with Crippen molar-refractivity contribution in [2.75, 3.05) is 19.8 Å². The number of nitrogens with zero attached hydrogens (tertiary/aromatic N) is 2. The second-order valence-corrected chi connectivity index (χ2v) is 8.89. The average Bonchev–Trinajstić information content (AvgIpc) is 3.07. The van der Waals surface area contributed by atoms with E-state index in [4.69, 9.17) is 14.2 Å². The van der Waals surface area contributed by atoms with Gasteiger partial charge in [-0.05, 0) is 54.9 Å². The molecule has 1 aliphatic rings. The summed E-state index contributed by atoms with van der Waals surface area (Å²) in [6.45, 7) is 3.53. The molecule has 12 heteroatoms. The Morgan fingerprint density at radius 1 is 1.14 bits per heavy atom. The highest BCUT2D eigenvalue weighted by molar-refractivity contribution is 9.10. The Bertz CT molecular complexity index is 1200. The summed E-state index contributed by atoms with van der Waals surface area (Å²) in [5.74, 6) is -0.485. The van der Waals surface area contributed by atoms with Gasteiger partial charge >= 0.3 is 5.97 Å². The van der Waals surface area contributed by atoms with Gasteiger partial charge in [0.2, 0.25) is 0 Å². The molecule has 1 fully saturated rings. The summed E-state index contributed by atoms with van der Waals surface area (Å²) in [6.07, 6.45) is 1.52. The molecule has 0 atom stereocenters. The summed E-state index contributed by atoms with van der Waals surface area (Å²) >= 11 is 4.17. The Labute approximate surface area is 213 Å². The van der Waals surface area contributed by atoms with Crippen molar-refractivity contribution in [1.29, 1.82) is 0 Å². The Kier molecular flexibility index (Phi) is 8.88. The maximum Gasteiger partial charge on any atom is 0.326 e. The Hall–Kier alpha value is -3.38. The molecule has 2 aromatic carbocycles. The lowest BCUT2D eigenvalue weighted by Gasteiger charge is -2.14. The van der Waals surface area contributed by atoms with Gasteiger partial charge in [0.05, 0.1) is 23.0 Å². The fraction of sp³-hybridized carbons (Fsp3) is 0.261. The summed E-state index contributed by atoms with van der Waals surface area (Å²) in [5, 5.41) is 10.4. The number of carbonyl (C=O) groups is 3. The highest BCUT2D eigenvalue weighted by Crippen LogP contribution is 2.38. The van der Waals surface area contributed by atoms with Gasteiger partial charge in [0.15, 0.2) is 11.5 Å². The molecule has 3 rings (SSSR count). The first-order chi connectivity index (χ1) is 16.7. The van der Waals surface area contributed by atoms with Crippen LogP contribution in [0.3, 0.4) is 0 Å². The van der Waals surface area contributed by atoms with Crippen LogP contribution in [0.4, 0.5) is 10.5 Å². The third-order valence-corrected chi connectivity index (χ3v) is 6.23. The number of nitro groups is 1. The van der Waals surface area contributed by atoms with Crippen molar-refractivity contribution in [3.05, 3.63) is 67.0 Å². The molecule has 1 heterocycles. The van der Waals surface area contributed by atoms with Crippen LogP contribution in [0.5, 0.6) is 11.5 Å². The van der Waals surface area contributed by atoms with Crippen molar-refractivity contribution in [3.63, 3.8) is 0 Å². The number of nitro benzene ring substituents is 1. The zero-order valence-electron chi connectivity index (χ0n) is 18.8. The second kappa shape index (κ2) is 11.8. The second-order valence-electron chi connectivity index (χ2n) is 7.04. The number of non-ortho nitro benzene ring substituents is 1. The van der Waals surface area contributed by atoms with Crippen molar-refractivity contribution in [2.24, 2.45) is 0 Å². The minimum Gasteiger partial charge on any atom is -0.490 e. The standard InChI is InChI=1S/C23H21BrN2O8S/c1-3-32-18-9-15(10-20-22(28)25(23(29)35-20)12-21(27)33-4-2)17(24)11-19(18)34-13-14-6-5-7-16(8-14)26(30)31/h5-11H,3-4,12-13H2,1-2H3/b20-10+. The molecule has 2 amide bonds. The average molecular weight is 565 g/mol. The van der Waals surface area contributed by atoms with Crippen molar-refractivity contribution in [3.8, 4) is 11.5 Å². The number of benzene rings is 2. The number of rotatable bonds is 10. The predicted octanol–water partition coefficient (Wildman–Crippen LogP) is 4.93.